The van der Waals surface area contributed by atoms with E-state index in [9.17, 15) is 0 Å². The van der Waals surface area contributed by atoms with Gasteiger partial charge in [0.15, 0.2) is 0 Å². The van der Waals surface area contributed by atoms with Crippen LogP contribution >= 0.6 is 0 Å². The summed E-state index contributed by atoms with van der Waals surface area (Å²) in [5.74, 6) is 0.809. The molecule has 96 valence electrons. The van der Waals surface area contributed by atoms with Gasteiger partial charge in [0.1, 0.15) is 5.82 Å². The number of methoxy groups -OCH3 is 1. The molecule has 0 saturated carbocycles. The lowest BCUT2D eigenvalue weighted by Gasteiger charge is -2.17. The van der Waals surface area contributed by atoms with Crippen molar-refractivity contribution in [3.05, 3.63) is 30.5 Å². The Balaban J connectivity index is 2.14. The van der Waals surface area contributed by atoms with Gasteiger partial charge in [0.05, 0.1) is 29.9 Å². The maximum Gasteiger partial charge on any atom is 0.145 e. The summed E-state index contributed by atoms with van der Waals surface area (Å²) < 4.78 is 5.21. The van der Waals surface area contributed by atoms with E-state index in [1.807, 2.05) is 24.3 Å². The molecule has 0 spiro atoms. The molecule has 0 aliphatic heterocycles. The topological polar surface area (TPSA) is 47.0 Å². The van der Waals surface area contributed by atoms with Crippen LogP contribution in [0.25, 0.3) is 11.0 Å². The SMILES string of the molecule is CCCC(COC)Nc1cnc2ccccc2n1. The number of rotatable bonds is 6. The van der Waals surface area contributed by atoms with Crippen LogP contribution in [0.3, 0.4) is 0 Å². The van der Waals surface area contributed by atoms with Crippen molar-refractivity contribution in [2.75, 3.05) is 19.0 Å². The second-order valence-electron chi connectivity index (χ2n) is 4.33. The van der Waals surface area contributed by atoms with Crippen molar-refractivity contribution in [2.24, 2.45) is 0 Å². The normalized spacial score (nSPS) is 12.6. The maximum atomic E-state index is 5.21. The molecule has 0 aliphatic rings. The first kappa shape index (κ1) is 12.8. The average molecular weight is 245 g/mol. The molecule has 4 nitrogen and oxygen atoms in total. The molecular weight excluding hydrogens is 226 g/mol. The predicted molar refractivity (Wildman–Crippen MR) is 73.7 cm³/mol. The van der Waals surface area contributed by atoms with Crippen LogP contribution in [-0.4, -0.2) is 29.7 Å². The minimum Gasteiger partial charge on any atom is -0.383 e. The van der Waals surface area contributed by atoms with Crippen LogP contribution in [0.15, 0.2) is 30.5 Å². The first-order valence-corrected chi connectivity index (χ1v) is 6.30. The van der Waals surface area contributed by atoms with Gasteiger partial charge in [-0.3, -0.25) is 4.98 Å². The zero-order chi connectivity index (χ0) is 12.8. The highest BCUT2D eigenvalue weighted by molar-refractivity contribution is 5.75. The van der Waals surface area contributed by atoms with Crippen LogP contribution in [0.2, 0.25) is 0 Å². The van der Waals surface area contributed by atoms with Gasteiger partial charge in [-0.05, 0) is 18.6 Å². The van der Waals surface area contributed by atoms with Crippen LogP contribution in [-0.2, 0) is 4.74 Å². The maximum absolute atomic E-state index is 5.21. The lowest BCUT2D eigenvalue weighted by Crippen LogP contribution is -2.25. The first-order valence-electron chi connectivity index (χ1n) is 6.30. The van der Waals surface area contributed by atoms with Crippen molar-refractivity contribution < 1.29 is 4.74 Å². The van der Waals surface area contributed by atoms with E-state index in [1.54, 1.807) is 13.3 Å². The Morgan fingerprint density at radius 2 is 2.06 bits per heavy atom. The number of nitrogens with zero attached hydrogens (tertiary/aromatic N) is 2. The standard InChI is InChI=1S/C14H19N3O/c1-3-6-11(10-18-2)16-14-9-15-12-7-4-5-8-13(12)17-14/h4-5,7-9,11H,3,6,10H2,1-2H3,(H,16,17). The zero-order valence-electron chi connectivity index (χ0n) is 10.9. The molecular formula is C14H19N3O. The molecule has 2 aromatic rings. The molecule has 0 saturated heterocycles. The molecule has 18 heavy (non-hydrogen) atoms. The molecule has 1 unspecified atom stereocenters. The van der Waals surface area contributed by atoms with E-state index in [0.29, 0.717) is 6.61 Å². The molecule has 1 heterocycles. The van der Waals surface area contributed by atoms with Crippen LogP contribution < -0.4 is 5.32 Å². The molecule has 1 N–H and O–H groups in total. The van der Waals surface area contributed by atoms with E-state index in [2.05, 4.69) is 22.2 Å². The summed E-state index contributed by atoms with van der Waals surface area (Å²) >= 11 is 0. The third kappa shape index (κ3) is 3.17. The molecule has 4 heteroatoms. The summed E-state index contributed by atoms with van der Waals surface area (Å²) in [5.41, 5.74) is 1.83. The minimum absolute atomic E-state index is 0.287. The van der Waals surface area contributed by atoms with E-state index in [4.69, 9.17) is 4.74 Å². The fourth-order valence-electron chi connectivity index (χ4n) is 1.98. The lowest BCUT2D eigenvalue weighted by molar-refractivity contribution is 0.182. The molecule has 0 amide bonds. The number of benzene rings is 1. The Kier molecular flexibility index (Phi) is 4.47. The molecule has 0 fully saturated rings. The Bertz CT molecular complexity index is 495. The van der Waals surface area contributed by atoms with Gasteiger partial charge in [0, 0.05) is 7.11 Å². The second-order valence-corrected chi connectivity index (χ2v) is 4.33. The fourth-order valence-corrected chi connectivity index (χ4v) is 1.98. The van der Waals surface area contributed by atoms with Gasteiger partial charge in [-0.2, -0.15) is 0 Å². The number of fused-ring (bicyclic) bond motifs is 1. The number of nitrogens with one attached hydrogen (secondary N) is 1. The van der Waals surface area contributed by atoms with Gasteiger partial charge in [0.25, 0.3) is 0 Å². The van der Waals surface area contributed by atoms with Crippen molar-refractivity contribution in [3.8, 4) is 0 Å². The van der Waals surface area contributed by atoms with Crippen LogP contribution in [0.1, 0.15) is 19.8 Å². The van der Waals surface area contributed by atoms with Crippen molar-refractivity contribution in [1.82, 2.24) is 9.97 Å². The molecule has 1 atom stereocenters. The molecule has 1 aromatic heterocycles. The number of hydrogen-bond acceptors (Lipinski definition) is 4. The van der Waals surface area contributed by atoms with Crippen molar-refractivity contribution in [3.63, 3.8) is 0 Å². The highest BCUT2D eigenvalue weighted by Crippen LogP contribution is 2.13. The van der Waals surface area contributed by atoms with Gasteiger partial charge in [-0.25, -0.2) is 4.98 Å². The van der Waals surface area contributed by atoms with E-state index < -0.39 is 0 Å². The Morgan fingerprint density at radius 3 is 2.78 bits per heavy atom. The van der Waals surface area contributed by atoms with Crippen LogP contribution in [0.4, 0.5) is 5.82 Å². The summed E-state index contributed by atoms with van der Waals surface area (Å²) in [6.45, 7) is 2.85. The van der Waals surface area contributed by atoms with E-state index in [0.717, 1.165) is 29.7 Å². The van der Waals surface area contributed by atoms with Crippen molar-refractivity contribution in [2.45, 2.75) is 25.8 Å². The number of anilines is 1. The number of aromatic nitrogens is 2. The average Bonchev–Trinajstić information content (AvgIpc) is 2.39. The second kappa shape index (κ2) is 6.31. The molecule has 0 radical (unpaired) electrons. The van der Waals surface area contributed by atoms with E-state index in [1.165, 1.54) is 0 Å². The monoisotopic (exact) mass is 245 g/mol. The fraction of sp³-hybridized carbons (Fsp3) is 0.429. The van der Waals surface area contributed by atoms with Crippen LogP contribution in [0, 0.1) is 0 Å². The Morgan fingerprint density at radius 1 is 1.28 bits per heavy atom. The first-order chi connectivity index (χ1) is 8.83. The summed E-state index contributed by atoms with van der Waals surface area (Å²) in [4.78, 5) is 8.94. The van der Waals surface area contributed by atoms with E-state index >= 15 is 0 Å². The summed E-state index contributed by atoms with van der Waals surface area (Å²) in [6, 6.07) is 8.16. The largest absolute Gasteiger partial charge is 0.383 e. The quantitative estimate of drug-likeness (QED) is 0.850. The minimum atomic E-state index is 0.287. The van der Waals surface area contributed by atoms with Crippen LogP contribution in [0.5, 0.6) is 0 Å². The highest BCUT2D eigenvalue weighted by atomic mass is 16.5. The third-order valence-corrected chi connectivity index (χ3v) is 2.81. The smallest absolute Gasteiger partial charge is 0.145 e. The Hall–Kier alpha value is -1.68. The zero-order valence-corrected chi connectivity index (χ0v) is 10.9. The summed E-state index contributed by atoms with van der Waals surface area (Å²) in [7, 11) is 1.72. The molecule has 0 aliphatic carbocycles. The molecule has 0 bridgehead atoms. The number of ether oxygens (including phenoxy) is 1. The molecule has 1 aromatic carbocycles. The molecule has 2 rings (SSSR count). The number of hydrogen-bond donors (Lipinski definition) is 1. The third-order valence-electron chi connectivity index (χ3n) is 2.81. The lowest BCUT2D eigenvalue weighted by atomic mass is 10.2. The number of para-hydroxylation sites is 2. The highest BCUT2D eigenvalue weighted by Gasteiger charge is 2.08. The van der Waals surface area contributed by atoms with Gasteiger partial charge in [-0.15, -0.1) is 0 Å². The van der Waals surface area contributed by atoms with Gasteiger partial charge in [-0.1, -0.05) is 25.5 Å². The van der Waals surface area contributed by atoms with Gasteiger partial charge >= 0.3 is 0 Å². The van der Waals surface area contributed by atoms with Gasteiger partial charge < -0.3 is 10.1 Å². The Labute approximate surface area is 107 Å². The summed E-state index contributed by atoms with van der Waals surface area (Å²) in [6.07, 6.45) is 3.95. The summed E-state index contributed by atoms with van der Waals surface area (Å²) in [5, 5.41) is 3.37. The van der Waals surface area contributed by atoms with Crippen molar-refractivity contribution in [1.29, 1.82) is 0 Å². The predicted octanol–water partition coefficient (Wildman–Crippen LogP) is 2.86. The van der Waals surface area contributed by atoms with E-state index in [-0.39, 0.29) is 6.04 Å². The van der Waals surface area contributed by atoms with Gasteiger partial charge in [0.2, 0.25) is 0 Å². The van der Waals surface area contributed by atoms with Crippen molar-refractivity contribution >= 4 is 16.9 Å².